The Balaban J connectivity index is 1.30. The molecule has 1 atom stereocenters. The molecule has 2 heterocycles. The Bertz CT molecular complexity index is 1120. The van der Waals surface area contributed by atoms with Gasteiger partial charge in [0.05, 0.1) is 20.1 Å². The topological polar surface area (TPSA) is 92.7 Å². The van der Waals surface area contributed by atoms with E-state index in [1.54, 1.807) is 12.1 Å². The molecule has 3 aromatic rings. The van der Waals surface area contributed by atoms with Crippen LogP contribution in [0.3, 0.4) is 0 Å². The van der Waals surface area contributed by atoms with Crippen LogP contribution >= 0.6 is 0 Å². The summed E-state index contributed by atoms with van der Waals surface area (Å²) in [6, 6.07) is 15.9. The van der Waals surface area contributed by atoms with Crippen molar-refractivity contribution in [2.45, 2.75) is 25.6 Å². The van der Waals surface area contributed by atoms with Crippen molar-refractivity contribution >= 4 is 28.7 Å². The predicted molar refractivity (Wildman–Crippen MR) is 115 cm³/mol. The van der Waals surface area contributed by atoms with Crippen molar-refractivity contribution in [1.82, 2.24) is 20.1 Å². The van der Waals surface area contributed by atoms with E-state index in [4.69, 9.17) is 4.74 Å². The minimum absolute atomic E-state index is 0.0908. The summed E-state index contributed by atoms with van der Waals surface area (Å²) >= 11 is 0. The van der Waals surface area contributed by atoms with Crippen LogP contribution in [0.5, 0.6) is 5.75 Å². The van der Waals surface area contributed by atoms with E-state index in [0.29, 0.717) is 18.8 Å². The molecule has 8 nitrogen and oxygen atoms in total. The zero-order chi connectivity index (χ0) is 21.8. The summed E-state index contributed by atoms with van der Waals surface area (Å²) in [7, 11) is 1.54. The highest BCUT2D eigenvalue weighted by molar-refractivity contribution is 6.05. The molecule has 1 fully saturated rings. The van der Waals surface area contributed by atoms with Crippen LogP contribution in [-0.2, 0) is 22.7 Å². The van der Waals surface area contributed by atoms with Gasteiger partial charge < -0.3 is 19.9 Å². The minimum atomic E-state index is -0.866. The third-order valence-corrected chi connectivity index (χ3v) is 5.37. The Kier molecular flexibility index (Phi) is 5.88. The van der Waals surface area contributed by atoms with E-state index >= 15 is 0 Å². The number of hydrogen-bond acceptors (Lipinski definition) is 4. The number of carbonyl (C=O) groups excluding carboxylic acids is 3. The number of para-hydroxylation sites is 2. The fraction of sp³-hybridized carbons (Fsp3) is 0.261. The lowest BCUT2D eigenvalue weighted by molar-refractivity contribution is -0.131. The Hall–Kier alpha value is -3.81. The van der Waals surface area contributed by atoms with E-state index in [9.17, 15) is 14.4 Å². The summed E-state index contributed by atoms with van der Waals surface area (Å²) in [4.78, 5) is 38.4. The fourth-order valence-electron chi connectivity index (χ4n) is 3.78. The number of urea groups is 1. The van der Waals surface area contributed by atoms with Crippen molar-refractivity contribution in [2.24, 2.45) is 0 Å². The third-order valence-electron chi connectivity index (χ3n) is 5.37. The van der Waals surface area contributed by atoms with E-state index in [-0.39, 0.29) is 18.9 Å². The van der Waals surface area contributed by atoms with Crippen LogP contribution in [0.4, 0.5) is 4.79 Å². The summed E-state index contributed by atoms with van der Waals surface area (Å²) in [6.07, 6.45) is 1.88. The second-order valence-corrected chi connectivity index (χ2v) is 7.36. The number of ether oxygens (including phenoxy) is 1. The van der Waals surface area contributed by atoms with Crippen LogP contribution in [0, 0.1) is 0 Å². The molecular weight excluding hydrogens is 396 g/mol. The third kappa shape index (κ3) is 4.37. The summed E-state index contributed by atoms with van der Waals surface area (Å²) in [5.74, 6) is -0.0986. The smallest absolute Gasteiger partial charge is 0.325 e. The lowest BCUT2D eigenvalue weighted by Crippen LogP contribution is -2.37. The molecule has 0 bridgehead atoms. The number of carbonyl (C=O) groups is 3. The molecule has 2 N–H and O–H groups in total. The minimum Gasteiger partial charge on any atom is -0.496 e. The predicted octanol–water partition coefficient (Wildman–Crippen LogP) is 2.28. The zero-order valence-corrected chi connectivity index (χ0v) is 17.2. The maximum absolute atomic E-state index is 12.7. The summed E-state index contributed by atoms with van der Waals surface area (Å²) in [5, 5.41) is 6.57. The molecule has 1 aromatic heterocycles. The van der Waals surface area contributed by atoms with Gasteiger partial charge in [-0.3, -0.25) is 14.5 Å². The number of nitrogens with zero attached hydrogens (tertiary/aromatic N) is 2. The van der Waals surface area contributed by atoms with Crippen molar-refractivity contribution in [3.05, 3.63) is 66.4 Å². The standard InChI is InChI=1S/C23H24N4O4/c1-31-20-9-5-3-7-17(20)15-27-22(29)18(25-23(27)30)14-21(28)24-11-13-26-12-10-16-6-2-4-8-19(16)26/h2-10,12,18H,11,13-15H2,1H3,(H,24,28)(H,25,30)/t18-/m0/s1. The van der Waals surface area contributed by atoms with E-state index in [0.717, 1.165) is 21.4 Å². The maximum atomic E-state index is 12.7. The number of aromatic nitrogens is 1. The van der Waals surface area contributed by atoms with Gasteiger partial charge in [-0.15, -0.1) is 0 Å². The van der Waals surface area contributed by atoms with Gasteiger partial charge in [0, 0.05) is 30.4 Å². The Morgan fingerprint density at radius 3 is 2.71 bits per heavy atom. The molecule has 0 saturated carbocycles. The van der Waals surface area contributed by atoms with E-state index in [1.807, 2.05) is 48.7 Å². The van der Waals surface area contributed by atoms with Crippen molar-refractivity contribution in [3.63, 3.8) is 0 Å². The molecule has 0 aliphatic carbocycles. The Morgan fingerprint density at radius 2 is 1.87 bits per heavy atom. The normalized spacial score (nSPS) is 15.9. The quantitative estimate of drug-likeness (QED) is 0.547. The number of methoxy groups -OCH3 is 1. The molecule has 8 heteroatoms. The van der Waals surface area contributed by atoms with E-state index < -0.39 is 18.0 Å². The van der Waals surface area contributed by atoms with Gasteiger partial charge >= 0.3 is 6.03 Å². The molecular formula is C23H24N4O4. The Labute approximate surface area is 179 Å². The highest BCUT2D eigenvalue weighted by atomic mass is 16.5. The van der Waals surface area contributed by atoms with Crippen LogP contribution in [0.1, 0.15) is 12.0 Å². The molecule has 1 aliphatic rings. The van der Waals surface area contributed by atoms with Crippen molar-refractivity contribution in [1.29, 1.82) is 0 Å². The molecule has 31 heavy (non-hydrogen) atoms. The highest BCUT2D eigenvalue weighted by Gasteiger charge is 2.39. The number of hydrogen-bond donors (Lipinski definition) is 2. The van der Waals surface area contributed by atoms with E-state index in [2.05, 4.69) is 15.2 Å². The number of nitrogens with one attached hydrogen (secondary N) is 2. The first kappa shape index (κ1) is 20.5. The van der Waals surface area contributed by atoms with Gasteiger partial charge in [0.2, 0.25) is 5.91 Å². The van der Waals surface area contributed by atoms with Gasteiger partial charge in [-0.05, 0) is 23.6 Å². The number of fused-ring (bicyclic) bond motifs is 1. The summed E-state index contributed by atoms with van der Waals surface area (Å²) in [6.45, 7) is 1.13. The molecule has 4 amide bonds. The monoisotopic (exact) mass is 420 g/mol. The van der Waals surface area contributed by atoms with Crippen molar-refractivity contribution in [2.75, 3.05) is 13.7 Å². The number of rotatable bonds is 8. The van der Waals surface area contributed by atoms with Crippen molar-refractivity contribution < 1.29 is 19.1 Å². The SMILES string of the molecule is COc1ccccc1CN1C(=O)N[C@@H](CC(=O)NCCn2ccc3ccccc32)C1=O. The second kappa shape index (κ2) is 8.91. The number of benzene rings is 2. The van der Waals surface area contributed by atoms with Crippen LogP contribution < -0.4 is 15.4 Å². The molecule has 0 radical (unpaired) electrons. The first-order valence-corrected chi connectivity index (χ1v) is 10.1. The first-order valence-electron chi connectivity index (χ1n) is 10.1. The molecule has 1 saturated heterocycles. The molecule has 1 aliphatic heterocycles. The number of amides is 4. The second-order valence-electron chi connectivity index (χ2n) is 7.36. The largest absolute Gasteiger partial charge is 0.496 e. The summed E-state index contributed by atoms with van der Waals surface area (Å²) in [5.41, 5.74) is 1.82. The average Bonchev–Trinajstić information content (AvgIpc) is 3.30. The highest BCUT2D eigenvalue weighted by Crippen LogP contribution is 2.22. The first-order chi connectivity index (χ1) is 15.1. The van der Waals surface area contributed by atoms with Gasteiger partial charge in [-0.25, -0.2) is 4.79 Å². The maximum Gasteiger partial charge on any atom is 0.325 e. The van der Waals surface area contributed by atoms with Gasteiger partial charge in [0.1, 0.15) is 11.8 Å². The molecule has 0 spiro atoms. The van der Waals surface area contributed by atoms with Gasteiger partial charge in [0.15, 0.2) is 0 Å². The summed E-state index contributed by atoms with van der Waals surface area (Å²) < 4.78 is 7.35. The van der Waals surface area contributed by atoms with Crippen molar-refractivity contribution in [3.8, 4) is 5.75 Å². The molecule has 160 valence electrons. The van der Waals surface area contributed by atoms with Gasteiger partial charge in [-0.2, -0.15) is 0 Å². The van der Waals surface area contributed by atoms with Gasteiger partial charge in [0.25, 0.3) is 5.91 Å². The number of imide groups is 1. The molecule has 0 unspecified atom stereocenters. The Morgan fingerprint density at radius 1 is 1.10 bits per heavy atom. The average molecular weight is 420 g/mol. The molecule has 4 rings (SSSR count). The molecule has 2 aromatic carbocycles. The van der Waals surface area contributed by atoms with Crippen LogP contribution in [-0.4, -0.2) is 47.0 Å². The van der Waals surface area contributed by atoms with E-state index in [1.165, 1.54) is 7.11 Å². The van der Waals surface area contributed by atoms with Gasteiger partial charge in [-0.1, -0.05) is 36.4 Å². The van der Waals surface area contributed by atoms with Crippen LogP contribution in [0.2, 0.25) is 0 Å². The van der Waals surface area contributed by atoms with Crippen LogP contribution in [0.25, 0.3) is 10.9 Å². The van der Waals surface area contributed by atoms with Crippen LogP contribution in [0.15, 0.2) is 60.8 Å². The fourth-order valence-corrected chi connectivity index (χ4v) is 3.78. The lowest BCUT2D eigenvalue weighted by atomic mass is 10.1. The zero-order valence-electron chi connectivity index (χ0n) is 17.2. The lowest BCUT2D eigenvalue weighted by Gasteiger charge is -2.15.